The van der Waals surface area contributed by atoms with Crippen LogP contribution in [0.2, 0.25) is 0 Å². The minimum atomic E-state index is -0.653. The molecule has 1 saturated carbocycles. The van der Waals surface area contributed by atoms with Crippen LogP contribution in [0.3, 0.4) is 0 Å². The van der Waals surface area contributed by atoms with E-state index in [9.17, 15) is 13.6 Å². The molecule has 164 valence electrons. The number of benzene rings is 1. The highest BCUT2D eigenvalue weighted by Crippen LogP contribution is 2.69. The normalized spacial score (nSPS) is 29.3. The fourth-order valence-corrected chi connectivity index (χ4v) is 6.58. The van der Waals surface area contributed by atoms with Gasteiger partial charge in [0, 0.05) is 25.0 Å². The first-order valence-electron chi connectivity index (χ1n) is 10.8. The molecule has 1 aliphatic heterocycles. The molecule has 3 aliphatic rings. The third-order valence-corrected chi connectivity index (χ3v) is 8.12. The molecule has 2 N–H and O–H groups in total. The van der Waals surface area contributed by atoms with Gasteiger partial charge in [0.05, 0.1) is 23.0 Å². The van der Waals surface area contributed by atoms with Gasteiger partial charge in [-0.1, -0.05) is 19.9 Å². The summed E-state index contributed by atoms with van der Waals surface area (Å²) in [6.45, 7) is 6.46. The van der Waals surface area contributed by atoms with Crippen molar-refractivity contribution < 1.29 is 13.6 Å². The smallest absolute Gasteiger partial charge is 0.315 e. The van der Waals surface area contributed by atoms with Crippen molar-refractivity contribution in [2.45, 2.75) is 44.1 Å². The Bertz CT molecular complexity index is 1050. The van der Waals surface area contributed by atoms with Crippen molar-refractivity contribution in [3.05, 3.63) is 47.2 Å². The number of hydrogen-bond acceptors (Lipinski definition) is 4. The van der Waals surface area contributed by atoms with E-state index in [1.807, 2.05) is 7.05 Å². The molecule has 2 fully saturated rings. The molecule has 2 amide bonds. The molecule has 8 heteroatoms. The van der Waals surface area contributed by atoms with E-state index in [-0.39, 0.29) is 28.6 Å². The Labute approximate surface area is 180 Å². The number of amides is 2. The number of hydrogen-bond donors (Lipinski definition) is 1. The van der Waals surface area contributed by atoms with Crippen LogP contribution in [0.1, 0.15) is 43.9 Å². The summed E-state index contributed by atoms with van der Waals surface area (Å²) in [6.07, 6.45) is 1.81. The van der Waals surface area contributed by atoms with E-state index in [2.05, 4.69) is 28.9 Å². The fourth-order valence-electron chi connectivity index (χ4n) is 6.58. The number of halogens is 2. The van der Waals surface area contributed by atoms with E-state index in [1.165, 1.54) is 18.2 Å². The molecule has 0 radical (unpaired) electrons. The zero-order valence-electron chi connectivity index (χ0n) is 18.0. The second-order valence-corrected chi connectivity index (χ2v) is 9.72. The SMILES string of the molecule is CN1CCN(C(N)=O)[C@@H]([C@@]23CC[C@@H](c4cc(-c5c(F)cccc5F)nnc42)C3(C)C)C1. The van der Waals surface area contributed by atoms with Crippen molar-refractivity contribution in [1.82, 2.24) is 20.0 Å². The van der Waals surface area contributed by atoms with Gasteiger partial charge in [0.1, 0.15) is 11.6 Å². The van der Waals surface area contributed by atoms with Crippen LogP contribution in [0.25, 0.3) is 11.3 Å². The molecule has 1 saturated heterocycles. The number of carbonyl (C=O) groups excluding carboxylic acids is 1. The Morgan fingerprint density at radius 3 is 2.58 bits per heavy atom. The molecule has 6 nitrogen and oxygen atoms in total. The predicted molar refractivity (Wildman–Crippen MR) is 112 cm³/mol. The molecule has 1 aromatic carbocycles. The first-order valence-corrected chi connectivity index (χ1v) is 10.8. The Hall–Kier alpha value is -2.61. The van der Waals surface area contributed by atoms with E-state index in [1.54, 1.807) is 11.0 Å². The van der Waals surface area contributed by atoms with Crippen LogP contribution < -0.4 is 5.73 Å². The highest BCUT2D eigenvalue weighted by molar-refractivity contribution is 5.73. The summed E-state index contributed by atoms with van der Waals surface area (Å²) in [5, 5.41) is 8.86. The van der Waals surface area contributed by atoms with Gasteiger partial charge in [-0.05, 0) is 55.0 Å². The Balaban J connectivity index is 1.67. The van der Waals surface area contributed by atoms with Crippen molar-refractivity contribution in [1.29, 1.82) is 0 Å². The van der Waals surface area contributed by atoms with Gasteiger partial charge < -0.3 is 15.5 Å². The third kappa shape index (κ3) is 2.60. The lowest BCUT2D eigenvalue weighted by Gasteiger charge is -2.52. The molecule has 2 bridgehead atoms. The zero-order valence-corrected chi connectivity index (χ0v) is 18.0. The van der Waals surface area contributed by atoms with Crippen molar-refractivity contribution in [2.24, 2.45) is 11.1 Å². The van der Waals surface area contributed by atoms with Crippen molar-refractivity contribution in [3.8, 4) is 11.3 Å². The standard InChI is InChI=1S/C23H27F2N5O/c1-22(2)14-7-8-23(22,18-12-29(3)9-10-30(18)21(26)31)20-13(14)11-17(27-28-20)19-15(24)5-4-6-16(19)25/h4-6,11,14,18H,7-10,12H2,1-3H3,(H2,26,31)/t14-,18+,23-/m0/s1. The summed E-state index contributed by atoms with van der Waals surface area (Å²) >= 11 is 0. The van der Waals surface area contributed by atoms with Crippen LogP contribution in [0.5, 0.6) is 0 Å². The van der Waals surface area contributed by atoms with Gasteiger partial charge in [-0.25, -0.2) is 13.6 Å². The fraction of sp³-hybridized carbons (Fsp3) is 0.522. The molecule has 31 heavy (non-hydrogen) atoms. The number of piperazine rings is 1. The Morgan fingerprint density at radius 2 is 1.90 bits per heavy atom. The number of fused-ring (bicyclic) bond motifs is 5. The summed E-state index contributed by atoms with van der Waals surface area (Å²) in [5.41, 5.74) is 7.08. The molecule has 3 atom stereocenters. The second kappa shape index (κ2) is 6.69. The lowest BCUT2D eigenvalue weighted by molar-refractivity contribution is 0.0255. The van der Waals surface area contributed by atoms with E-state index in [0.29, 0.717) is 13.1 Å². The number of urea groups is 1. The summed E-state index contributed by atoms with van der Waals surface area (Å²) in [5.74, 6) is -1.13. The molecule has 0 spiro atoms. The number of likely N-dealkylation sites (N-methyl/N-ethyl adjacent to an activating group) is 1. The third-order valence-electron chi connectivity index (χ3n) is 8.12. The number of aromatic nitrogens is 2. The highest BCUT2D eigenvalue weighted by Gasteiger charge is 2.68. The maximum Gasteiger partial charge on any atom is 0.315 e. The lowest BCUT2D eigenvalue weighted by atomic mass is 9.63. The van der Waals surface area contributed by atoms with E-state index >= 15 is 0 Å². The molecule has 2 aromatic rings. The van der Waals surface area contributed by atoms with Crippen LogP contribution in [0, 0.1) is 17.0 Å². The van der Waals surface area contributed by atoms with Gasteiger partial charge in [-0.2, -0.15) is 10.2 Å². The van der Waals surface area contributed by atoms with Crippen molar-refractivity contribution in [2.75, 3.05) is 26.7 Å². The maximum atomic E-state index is 14.4. The van der Waals surface area contributed by atoms with Crippen LogP contribution in [0.4, 0.5) is 13.6 Å². The molecule has 0 unspecified atom stereocenters. The zero-order chi connectivity index (χ0) is 22.1. The van der Waals surface area contributed by atoms with Crippen LogP contribution in [-0.2, 0) is 5.41 Å². The molecular formula is C23H27F2N5O. The van der Waals surface area contributed by atoms with Crippen LogP contribution >= 0.6 is 0 Å². The molecule has 1 aromatic heterocycles. The average Bonchev–Trinajstić information content (AvgIpc) is 3.09. The first kappa shape index (κ1) is 20.3. The van der Waals surface area contributed by atoms with E-state index < -0.39 is 23.1 Å². The molecule has 2 aliphatic carbocycles. The van der Waals surface area contributed by atoms with Gasteiger partial charge in [0.15, 0.2) is 0 Å². The van der Waals surface area contributed by atoms with Gasteiger partial charge in [-0.3, -0.25) is 0 Å². The number of nitrogens with two attached hydrogens (primary N) is 1. The van der Waals surface area contributed by atoms with Gasteiger partial charge in [0.2, 0.25) is 0 Å². The van der Waals surface area contributed by atoms with Crippen LogP contribution in [-0.4, -0.2) is 58.8 Å². The summed E-state index contributed by atoms with van der Waals surface area (Å²) in [7, 11) is 2.05. The Morgan fingerprint density at radius 1 is 1.19 bits per heavy atom. The predicted octanol–water partition coefficient (Wildman–Crippen LogP) is 3.27. The molecular weight excluding hydrogens is 400 g/mol. The largest absolute Gasteiger partial charge is 0.351 e. The topological polar surface area (TPSA) is 75.3 Å². The first-order chi connectivity index (χ1) is 14.7. The number of nitrogens with zero attached hydrogens (tertiary/aromatic N) is 4. The van der Waals surface area contributed by atoms with Crippen LogP contribution in [0.15, 0.2) is 24.3 Å². The van der Waals surface area contributed by atoms with E-state index in [0.717, 1.165) is 30.6 Å². The number of carbonyl (C=O) groups is 1. The van der Waals surface area contributed by atoms with Crippen molar-refractivity contribution in [3.63, 3.8) is 0 Å². The number of primary amides is 1. The lowest BCUT2D eigenvalue weighted by Crippen LogP contribution is -2.65. The molecule has 5 rings (SSSR count). The monoisotopic (exact) mass is 427 g/mol. The quantitative estimate of drug-likeness (QED) is 0.798. The Kier molecular flexibility index (Phi) is 4.38. The number of rotatable bonds is 2. The summed E-state index contributed by atoms with van der Waals surface area (Å²) < 4.78 is 28.8. The van der Waals surface area contributed by atoms with Gasteiger partial charge in [-0.15, -0.1) is 0 Å². The second-order valence-electron chi connectivity index (χ2n) is 9.72. The van der Waals surface area contributed by atoms with Crippen molar-refractivity contribution >= 4 is 6.03 Å². The maximum absolute atomic E-state index is 14.4. The highest BCUT2D eigenvalue weighted by atomic mass is 19.1. The summed E-state index contributed by atoms with van der Waals surface area (Å²) in [6, 6.07) is 5.06. The minimum Gasteiger partial charge on any atom is -0.351 e. The average molecular weight is 427 g/mol. The summed E-state index contributed by atoms with van der Waals surface area (Å²) in [4.78, 5) is 16.3. The molecule has 2 heterocycles. The van der Waals surface area contributed by atoms with Gasteiger partial charge in [0.25, 0.3) is 0 Å². The van der Waals surface area contributed by atoms with Gasteiger partial charge >= 0.3 is 6.03 Å². The minimum absolute atomic E-state index is 0.129. The van der Waals surface area contributed by atoms with E-state index in [4.69, 9.17) is 5.73 Å².